The molecule has 0 saturated carbocycles. The highest BCUT2D eigenvalue weighted by Gasteiger charge is 2.34. The van der Waals surface area contributed by atoms with Crippen LogP contribution in [-0.2, 0) is 11.3 Å². The average molecular weight is 369 g/mol. The van der Waals surface area contributed by atoms with Crippen molar-refractivity contribution in [1.82, 2.24) is 4.90 Å². The number of imide groups is 1. The molecule has 0 aliphatic carbocycles. The summed E-state index contributed by atoms with van der Waals surface area (Å²) in [4.78, 5) is 26.2. The molecule has 6 heteroatoms. The predicted molar refractivity (Wildman–Crippen MR) is 100 cm³/mol. The lowest BCUT2D eigenvalue weighted by Crippen LogP contribution is -2.27. The number of hydrogen-bond donors (Lipinski definition) is 0. The van der Waals surface area contributed by atoms with Crippen LogP contribution in [-0.4, -0.2) is 22.7 Å². The van der Waals surface area contributed by atoms with E-state index < -0.39 is 0 Å². The molecule has 0 aromatic heterocycles. The third-order valence-electron chi connectivity index (χ3n) is 3.65. The van der Waals surface area contributed by atoms with Crippen molar-refractivity contribution in [3.63, 3.8) is 0 Å². The molecule has 2 aromatic carbocycles. The van der Waals surface area contributed by atoms with E-state index in [1.54, 1.807) is 36.4 Å². The van der Waals surface area contributed by atoms with Gasteiger partial charge in [0.25, 0.3) is 11.1 Å². The summed E-state index contributed by atoms with van der Waals surface area (Å²) < 4.78 is 18.5. The number of benzene rings is 2. The van der Waals surface area contributed by atoms with E-state index in [9.17, 15) is 14.0 Å². The SMILES string of the molecule is C=CCOc1cccc(/C=C2\SC(=O)N(Cc3ccc(F)cc3)C2=O)c1. The van der Waals surface area contributed by atoms with Gasteiger partial charge in [-0.1, -0.05) is 36.9 Å². The van der Waals surface area contributed by atoms with Gasteiger partial charge in [0.2, 0.25) is 0 Å². The van der Waals surface area contributed by atoms with E-state index in [0.717, 1.165) is 22.2 Å². The molecule has 1 aliphatic heterocycles. The number of hydrogen-bond acceptors (Lipinski definition) is 4. The number of carbonyl (C=O) groups is 2. The molecule has 4 nitrogen and oxygen atoms in total. The topological polar surface area (TPSA) is 46.6 Å². The predicted octanol–water partition coefficient (Wildman–Crippen LogP) is 4.63. The third kappa shape index (κ3) is 4.21. The van der Waals surface area contributed by atoms with E-state index in [4.69, 9.17) is 4.74 Å². The molecule has 132 valence electrons. The van der Waals surface area contributed by atoms with Crippen molar-refractivity contribution in [2.75, 3.05) is 6.61 Å². The van der Waals surface area contributed by atoms with Crippen LogP contribution in [0.1, 0.15) is 11.1 Å². The van der Waals surface area contributed by atoms with Gasteiger partial charge in [-0.05, 0) is 53.2 Å². The second-order valence-electron chi connectivity index (χ2n) is 5.57. The summed E-state index contributed by atoms with van der Waals surface area (Å²) >= 11 is 0.890. The van der Waals surface area contributed by atoms with E-state index in [1.807, 2.05) is 12.1 Å². The molecule has 26 heavy (non-hydrogen) atoms. The lowest BCUT2D eigenvalue weighted by molar-refractivity contribution is -0.123. The number of rotatable bonds is 6. The Kier molecular flexibility index (Phi) is 5.53. The molecule has 0 bridgehead atoms. The van der Waals surface area contributed by atoms with Gasteiger partial charge in [0.15, 0.2) is 0 Å². The first-order valence-corrected chi connectivity index (χ1v) is 8.72. The minimum atomic E-state index is -0.360. The van der Waals surface area contributed by atoms with Crippen molar-refractivity contribution < 1.29 is 18.7 Å². The van der Waals surface area contributed by atoms with E-state index in [1.165, 1.54) is 12.1 Å². The molecule has 0 atom stereocenters. The number of thioether (sulfide) groups is 1. The normalized spacial score (nSPS) is 15.6. The first-order valence-electron chi connectivity index (χ1n) is 7.90. The minimum absolute atomic E-state index is 0.116. The van der Waals surface area contributed by atoms with Crippen LogP contribution in [0.25, 0.3) is 6.08 Å². The Morgan fingerprint density at radius 1 is 1.15 bits per heavy atom. The summed E-state index contributed by atoms with van der Waals surface area (Å²) in [5, 5.41) is -0.343. The minimum Gasteiger partial charge on any atom is -0.490 e. The van der Waals surface area contributed by atoms with E-state index in [-0.39, 0.29) is 23.5 Å². The highest BCUT2D eigenvalue weighted by atomic mass is 32.2. The quantitative estimate of drug-likeness (QED) is 0.550. The summed E-state index contributed by atoms with van der Waals surface area (Å²) in [6.07, 6.45) is 3.31. The number of halogens is 1. The highest BCUT2D eigenvalue weighted by Crippen LogP contribution is 2.33. The molecule has 0 N–H and O–H groups in total. The Bertz CT molecular complexity index is 877. The molecule has 0 radical (unpaired) electrons. The van der Waals surface area contributed by atoms with E-state index >= 15 is 0 Å². The van der Waals surface area contributed by atoms with Crippen molar-refractivity contribution in [3.8, 4) is 5.75 Å². The Balaban J connectivity index is 1.76. The van der Waals surface area contributed by atoms with E-state index in [0.29, 0.717) is 22.8 Å². The van der Waals surface area contributed by atoms with Gasteiger partial charge in [-0.2, -0.15) is 0 Å². The van der Waals surface area contributed by atoms with Gasteiger partial charge < -0.3 is 4.74 Å². The Hall–Kier alpha value is -2.86. The van der Waals surface area contributed by atoms with Crippen molar-refractivity contribution in [2.45, 2.75) is 6.54 Å². The van der Waals surface area contributed by atoms with Gasteiger partial charge >= 0.3 is 0 Å². The second kappa shape index (κ2) is 8.01. The highest BCUT2D eigenvalue weighted by molar-refractivity contribution is 8.18. The lowest BCUT2D eigenvalue weighted by Gasteiger charge is -2.12. The molecule has 1 heterocycles. The van der Waals surface area contributed by atoms with Gasteiger partial charge in [-0.3, -0.25) is 14.5 Å². The van der Waals surface area contributed by atoms with Crippen LogP contribution in [0.3, 0.4) is 0 Å². The van der Waals surface area contributed by atoms with Crippen LogP contribution in [0.2, 0.25) is 0 Å². The molecule has 0 unspecified atom stereocenters. The Morgan fingerprint density at radius 2 is 1.92 bits per heavy atom. The first-order chi connectivity index (χ1) is 12.6. The third-order valence-corrected chi connectivity index (χ3v) is 4.56. The van der Waals surface area contributed by atoms with Gasteiger partial charge in [0.1, 0.15) is 18.2 Å². The molecule has 0 spiro atoms. The van der Waals surface area contributed by atoms with Crippen molar-refractivity contribution in [1.29, 1.82) is 0 Å². The monoisotopic (exact) mass is 369 g/mol. The van der Waals surface area contributed by atoms with Crippen LogP contribution in [0, 0.1) is 5.82 Å². The van der Waals surface area contributed by atoms with Crippen molar-refractivity contribution >= 4 is 29.0 Å². The molecule has 1 saturated heterocycles. The summed E-state index contributed by atoms with van der Waals surface area (Å²) in [6.45, 7) is 4.10. The van der Waals surface area contributed by atoms with Crippen LogP contribution in [0.5, 0.6) is 5.75 Å². The van der Waals surface area contributed by atoms with Gasteiger partial charge in [-0.25, -0.2) is 4.39 Å². The summed E-state index contributed by atoms with van der Waals surface area (Å²) in [7, 11) is 0. The summed E-state index contributed by atoms with van der Waals surface area (Å²) in [5.41, 5.74) is 1.45. The zero-order valence-electron chi connectivity index (χ0n) is 13.9. The summed E-state index contributed by atoms with van der Waals surface area (Å²) in [5.74, 6) is -0.0627. The van der Waals surface area contributed by atoms with Crippen LogP contribution in [0.15, 0.2) is 66.1 Å². The molecule has 2 aromatic rings. The zero-order valence-corrected chi connectivity index (χ0v) is 14.7. The molecule has 2 amide bonds. The second-order valence-corrected chi connectivity index (χ2v) is 6.56. The fourth-order valence-corrected chi connectivity index (χ4v) is 3.25. The average Bonchev–Trinajstić information content (AvgIpc) is 2.89. The fraction of sp³-hybridized carbons (Fsp3) is 0.100. The van der Waals surface area contributed by atoms with Crippen LogP contribution < -0.4 is 4.74 Å². The van der Waals surface area contributed by atoms with Gasteiger partial charge in [0.05, 0.1) is 11.4 Å². The smallest absolute Gasteiger partial charge is 0.293 e. The molecular weight excluding hydrogens is 353 g/mol. The lowest BCUT2D eigenvalue weighted by atomic mass is 10.2. The maximum absolute atomic E-state index is 13.0. The first kappa shape index (κ1) is 17.9. The zero-order chi connectivity index (χ0) is 18.5. The van der Waals surface area contributed by atoms with Crippen molar-refractivity contribution in [2.24, 2.45) is 0 Å². The van der Waals surface area contributed by atoms with Crippen molar-refractivity contribution in [3.05, 3.63) is 83.0 Å². The summed E-state index contributed by atoms with van der Waals surface area (Å²) in [6, 6.07) is 13.0. The van der Waals surface area contributed by atoms with Crippen LogP contribution >= 0.6 is 11.8 Å². The van der Waals surface area contributed by atoms with E-state index in [2.05, 4.69) is 6.58 Å². The molecule has 3 rings (SSSR count). The molecular formula is C20H16FNO3S. The molecule has 1 aliphatic rings. The number of ether oxygens (including phenoxy) is 1. The fourth-order valence-electron chi connectivity index (χ4n) is 2.41. The maximum atomic E-state index is 13.0. The number of nitrogens with zero attached hydrogens (tertiary/aromatic N) is 1. The van der Waals surface area contributed by atoms with Gasteiger partial charge in [-0.15, -0.1) is 0 Å². The number of carbonyl (C=O) groups excluding carboxylic acids is 2. The van der Waals surface area contributed by atoms with Crippen LogP contribution in [0.4, 0.5) is 9.18 Å². The Morgan fingerprint density at radius 3 is 2.65 bits per heavy atom. The molecule has 1 fully saturated rings. The number of amides is 2. The standard InChI is InChI=1S/C20H16FNO3S/c1-2-10-25-17-5-3-4-15(11-17)12-18-19(23)22(20(24)26-18)13-14-6-8-16(21)9-7-14/h2-9,11-12H,1,10,13H2/b18-12-. The van der Waals surface area contributed by atoms with Gasteiger partial charge in [0, 0.05) is 0 Å². The Labute approximate surface area is 155 Å². The largest absolute Gasteiger partial charge is 0.490 e. The maximum Gasteiger partial charge on any atom is 0.293 e.